The van der Waals surface area contributed by atoms with Gasteiger partial charge in [-0.05, 0) is 53.4 Å². The van der Waals surface area contributed by atoms with Crippen LogP contribution in [0.2, 0.25) is 5.02 Å². The second-order valence-corrected chi connectivity index (χ2v) is 9.78. The summed E-state index contributed by atoms with van der Waals surface area (Å²) in [5.41, 5.74) is 6.32. The normalized spacial score (nSPS) is 11.6. The maximum absolute atomic E-state index is 13.2. The van der Waals surface area contributed by atoms with E-state index in [2.05, 4.69) is 36.4 Å². The fourth-order valence-corrected chi connectivity index (χ4v) is 5.61. The predicted molar refractivity (Wildman–Crippen MR) is 141 cm³/mol. The van der Waals surface area contributed by atoms with E-state index < -0.39 is 11.7 Å². The molecule has 1 heterocycles. The van der Waals surface area contributed by atoms with Gasteiger partial charge in [-0.3, -0.25) is 0 Å². The van der Waals surface area contributed by atoms with Gasteiger partial charge in [0.05, 0.1) is 5.56 Å². The molecule has 0 fully saturated rings. The first-order valence-corrected chi connectivity index (χ1v) is 12.2. The summed E-state index contributed by atoms with van der Waals surface area (Å²) in [4.78, 5) is 1.98. The van der Waals surface area contributed by atoms with Crippen molar-refractivity contribution >= 4 is 22.9 Å². The fraction of sp³-hybridized carbons (Fsp3) is 0.0667. The van der Waals surface area contributed by atoms with Crippen molar-refractivity contribution in [1.82, 2.24) is 0 Å². The SMILES string of the molecule is Cc1ccc(-c2c(-c3ccc(C(F)(F)F)cc3)sc(-c3ccccc3)c2-c2ccc(Cl)cc2)cc1. The molecule has 0 bridgehead atoms. The number of rotatable bonds is 4. The van der Waals surface area contributed by atoms with Crippen LogP contribution in [-0.2, 0) is 6.18 Å². The smallest absolute Gasteiger partial charge is 0.166 e. The fourth-order valence-electron chi connectivity index (χ4n) is 4.13. The first-order valence-electron chi connectivity index (χ1n) is 11.0. The molecule has 4 aromatic carbocycles. The van der Waals surface area contributed by atoms with E-state index in [4.69, 9.17) is 11.6 Å². The lowest BCUT2D eigenvalue weighted by Gasteiger charge is -2.12. The van der Waals surface area contributed by atoms with Gasteiger partial charge < -0.3 is 0 Å². The van der Waals surface area contributed by atoms with Crippen LogP contribution in [0.25, 0.3) is 43.1 Å². The van der Waals surface area contributed by atoms with Crippen LogP contribution in [0.5, 0.6) is 0 Å². The molecule has 0 radical (unpaired) electrons. The topological polar surface area (TPSA) is 0 Å². The van der Waals surface area contributed by atoms with Crippen molar-refractivity contribution in [3.8, 4) is 43.1 Å². The van der Waals surface area contributed by atoms with E-state index in [0.29, 0.717) is 5.02 Å². The second kappa shape index (κ2) is 9.37. The van der Waals surface area contributed by atoms with Crippen molar-refractivity contribution in [2.45, 2.75) is 13.1 Å². The first kappa shape index (κ1) is 23.4. The largest absolute Gasteiger partial charge is 0.416 e. The molecule has 0 saturated heterocycles. The Labute approximate surface area is 211 Å². The monoisotopic (exact) mass is 504 g/mol. The molecule has 5 rings (SSSR count). The van der Waals surface area contributed by atoms with Crippen molar-refractivity contribution < 1.29 is 13.2 Å². The van der Waals surface area contributed by atoms with Gasteiger partial charge in [0.25, 0.3) is 0 Å². The minimum atomic E-state index is -4.38. The highest BCUT2D eigenvalue weighted by atomic mass is 35.5. The summed E-state index contributed by atoms with van der Waals surface area (Å²) in [7, 11) is 0. The van der Waals surface area contributed by atoms with Crippen molar-refractivity contribution in [2.75, 3.05) is 0 Å². The lowest BCUT2D eigenvalue weighted by molar-refractivity contribution is -0.137. The zero-order valence-corrected chi connectivity index (χ0v) is 20.3. The number of halogens is 4. The van der Waals surface area contributed by atoms with Crippen LogP contribution in [0.3, 0.4) is 0 Å². The van der Waals surface area contributed by atoms with Crippen LogP contribution in [0, 0.1) is 6.92 Å². The Kier molecular flexibility index (Phi) is 6.26. The lowest BCUT2D eigenvalue weighted by atomic mass is 9.91. The van der Waals surface area contributed by atoms with Gasteiger partial charge in [-0.15, -0.1) is 11.3 Å². The number of aryl methyl sites for hydroxylation is 1. The van der Waals surface area contributed by atoms with Gasteiger partial charge in [0.1, 0.15) is 0 Å². The molecule has 0 aliphatic heterocycles. The molecular formula is C30H20ClF3S. The highest BCUT2D eigenvalue weighted by Crippen LogP contribution is 2.52. The molecule has 0 nitrogen and oxygen atoms in total. The number of hydrogen-bond donors (Lipinski definition) is 0. The van der Waals surface area contributed by atoms with Gasteiger partial charge in [-0.2, -0.15) is 13.2 Å². The van der Waals surface area contributed by atoms with Crippen molar-refractivity contribution in [3.05, 3.63) is 119 Å². The average molecular weight is 505 g/mol. The van der Waals surface area contributed by atoms with Crippen LogP contribution in [0.1, 0.15) is 11.1 Å². The maximum Gasteiger partial charge on any atom is 0.416 e. The first-order chi connectivity index (χ1) is 16.8. The Morgan fingerprint density at radius 3 is 1.54 bits per heavy atom. The van der Waals surface area contributed by atoms with E-state index in [-0.39, 0.29) is 0 Å². The molecule has 1 aromatic heterocycles. The molecule has 0 aliphatic rings. The number of thiophene rings is 1. The Balaban J connectivity index is 1.82. The maximum atomic E-state index is 13.2. The highest BCUT2D eigenvalue weighted by Gasteiger charge is 2.30. The number of hydrogen-bond acceptors (Lipinski definition) is 1. The Morgan fingerprint density at radius 2 is 1.03 bits per heavy atom. The Bertz CT molecular complexity index is 1450. The van der Waals surface area contributed by atoms with E-state index in [1.807, 2.05) is 49.4 Å². The molecular weight excluding hydrogens is 485 g/mol. The molecule has 0 N–H and O–H groups in total. The lowest BCUT2D eigenvalue weighted by Crippen LogP contribution is -2.03. The minimum Gasteiger partial charge on any atom is -0.166 e. The van der Waals surface area contributed by atoms with Crippen LogP contribution >= 0.6 is 22.9 Å². The quantitative estimate of drug-likeness (QED) is 0.228. The number of benzene rings is 4. The predicted octanol–water partition coefficient (Wildman–Crippen LogP) is 10.4. The number of alkyl halides is 3. The summed E-state index contributed by atoms with van der Waals surface area (Å²) in [6, 6.07) is 31.4. The molecule has 174 valence electrons. The summed E-state index contributed by atoms with van der Waals surface area (Å²) in [6.07, 6.45) is -4.38. The van der Waals surface area contributed by atoms with Crippen LogP contribution in [0.4, 0.5) is 13.2 Å². The minimum absolute atomic E-state index is 0.644. The van der Waals surface area contributed by atoms with E-state index >= 15 is 0 Å². The summed E-state index contributed by atoms with van der Waals surface area (Å²) in [5.74, 6) is 0. The molecule has 5 heteroatoms. The average Bonchev–Trinajstić information content (AvgIpc) is 3.26. The molecule has 0 atom stereocenters. The molecule has 0 amide bonds. The third-order valence-corrected chi connectivity index (χ3v) is 7.43. The molecule has 5 aromatic rings. The molecule has 35 heavy (non-hydrogen) atoms. The van der Waals surface area contributed by atoms with Crippen molar-refractivity contribution in [2.24, 2.45) is 0 Å². The zero-order valence-electron chi connectivity index (χ0n) is 18.7. The summed E-state index contributed by atoms with van der Waals surface area (Å²) >= 11 is 7.78. The van der Waals surface area contributed by atoms with Gasteiger partial charge >= 0.3 is 6.18 Å². The van der Waals surface area contributed by atoms with Gasteiger partial charge in [0.2, 0.25) is 0 Å². The van der Waals surface area contributed by atoms with Gasteiger partial charge in [-0.25, -0.2) is 0 Å². The zero-order chi connectivity index (χ0) is 24.6. The summed E-state index contributed by atoms with van der Waals surface area (Å²) in [6.45, 7) is 2.03. The van der Waals surface area contributed by atoms with E-state index in [1.54, 1.807) is 23.5 Å². The third-order valence-electron chi connectivity index (χ3n) is 5.89. The van der Waals surface area contributed by atoms with Crippen LogP contribution in [0.15, 0.2) is 103 Å². The van der Waals surface area contributed by atoms with Gasteiger partial charge in [-0.1, -0.05) is 96.0 Å². The standard InChI is InChI=1S/C30H20ClF3S/c1-19-7-9-20(10-8-19)26-27(21-13-17-25(31)18-14-21)28(22-5-3-2-4-6-22)35-29(26)23-11-15-24(16-12-23)30(32,33)34/h2-18H,1H3. The van der Waals surface area contributed by atoms with Crippen molar-refractivity contribution in [1.29, 1.82) is 0 Å². The molecule has 0 spiro atoms. The third kappa shape index (κ3) is 4.77. The van der Waals surface area contributed by atoms with Crippen LogP contribution in [-0.4, -0.2) is 0 Å². The van der Waals surface area contributed by atoms with E-state index in [9.17, 15) is 13.2 Å². The van der Waals surface area contributed by atoms with Crippen LogP contribution < -0.4 is 0 Å². The molecule has 0 aliphatic carbocycles. The Morgan fingerprint density at radius 1 is 0.571 bits per heavy atom. The highest BCUT2D eigenvalue weighted by molar-refractivity contribution is 7.20. The van der Waals surface area contributed by atoms with E-state index in [1.165, 1.54) is 0 Å². The summed E-state index contributed by atoms with van der Waals surface area (Å²) in [5, 5.41) is 0.644. The Hall–Kier alpha value is -3.34. The van der Waals surface area contributed by atoms with Gasteiger partial charge in [0, 0.05) is 25.9 Å². The van der Waals surface area contributed by atoms with Gasteiger partial charge in [0.15, 0.2) is 0 Å². The van der Waals surface area contributed by atoms with E-state index in [0.717, 1.165) is 60.8 Å². The second-order valence-electron chi connectivity index (χ2n) is 8.32. The van der Waals surface area contributed by atoms with Crippen molar-refractivity contribution in [3.63, 3.8) is 0 Å². The summed E-state index contributed by atoms with van der Waals surface area (Å²) < 4.78 is 39.7. The molecule has 0 unspecified atom stereocenters. The molecule has 0 saturated carbocycles.